The summed E-state index contributed by atoms with van der Waals surface area (Å²) in [5, 5.41) is 19.3. The molecule has 0 aliphatic rings. The fourth-order valence-corrected chi connectivity index (χ4v) is 3.44. The molecule has 3 rings (SSSR count). The van der Waals surface area contributed by atoms with E-state index in [0.29, 0.717) is 16.8 Å². The number of carbonyl (C=O) groups excluding carboxylic acids is 1. The van der Waals surface area contributed by atoms with Gasteiger partial charge in [0.25, 0.3) is 0 Å². The van der Waals surface area contributed by atoms with E-state index in [-0.39, 0.29) is 5.76 Å². The number of furan rings is 1. The molecular formula is C24H21NO7. The summed E-state index contributed by atoms with van der Waals surface area (Å²) in [5.41, 5.74) is 1.70. The molecule has 0 amide bonds. The number of carboxylic acid groups (broad SMARTS) is 2. The van der Waals surface area contributed by atoms with Crippen LogP contribution in [0.25, 0.3) is 0 Å². The summed E-state index contributed by atoms with van der Waals surface area (Å²) in [6.45, 7) is 0. The monoisotopic (exact) mass is 435 g/mol. The highest BCUT2D eigenvalue weighted by molar-refractivity contribution is 6.13. The van der Waals surface area contributed by atoms with Gasteiger partial charge in [0.15, 0.2) is 12.0 Å². The molecule has 0 bridgehead atoms. The number of rotatable bonds is 9. The Balaban J connectivity index is 2.26. The predicted molar refractivity (Wildman–Crippen MR) is 115 cm³/mol. The van der Waals surface area contributed by atoms with Gasteiger partial charge >= 0.3 is 17.9 Å². The second-order valence-electron chi connectivity index (χ2n) is 6.87. The van der Waals surface area contributed by atoms with Crippen LogP contribution in [0, 0.1) is 5.92 Å². The lowest BCUT2D eigenvalue weighted by molar-refractivity contribution is -0.157. The third kappa shape index (κ3) is 4.92. The fourth-order valence-electron chi connectivity index (χ4n) is 3.44. The maximum absolute atomic E-state index is 12.8. The van der Waals surface area contributed by atoms with Crippen LogP contribution in [0.2, 0.25) is 0 Å². The molecule has 3 aromatic rings. The summed E-state index contributed by atoms with van der Waals surface area (Å²) >= 11 is 0. The molecule has 2 atom stereocenters. The first-order valence-electron chi connectivity index (χ1n) is 9.69. The normalized spacial score (nSPS) is 12.6. The van der Waals surface area contributed by atoms with Crippen LogP contribution in [-0.4, -0.2) is 47.0 Å². The van der Waals surface area contributed by atoms with Gasteiger partial charge in [-0.2, -0.15) is 0 Å². The van der Waals surface area contributed by atoms with Gasteiger partial charge in [-0.3, -0.25) is 14.6 Å². The summed E-state index contributed by atoms with van der Waals surface area (Å²) in [6, 6.07) is 19.4. The quantitative estimate of drug-likeness (QED) is 0.300. The minimum Gasteiger partial charge on any atom is -0.481 e. The van der Waals surface area contributed by atoms with E-state index in [1.54, 1.807) is 48.5 Å². The van der Waals surface area contributed by atoms with Gasteiger partial charge in [-0.15, -0.1) is 0 Å². The molecule has 0 radical (unpaired) electrons. The van der Waals surface area contributed by atoms with Crippen molar-refractivity contribution in [3.63, 3.8) is 0 Å². The molecule has 0 aliphatic carbocycles. The molecule has 1 heterocycles. The third-order valence-corrected chi connectivity index (χ3v) is 4.91. The second-order valence-corrected chi connectivity index (χ2v) is 6.87. The number of carbonyl (C=O) groups is 3. The van der Waals surface area contributed by atoms with Crippen molar-refractivity contribution < 1.29 is 33.8 Å². The average molecular weight is 435 g/mol. The van der Waals surface area contributed by atoms with Crippen molar-refractivity contribution in [2.24, 2.45) is 10.9 Å². The van der Waals surface area contributed by atoms with Gasteiger partial charge in [0, 0.05) is 11.1 Å². The number of hydrogen-bond acceptors (Lipinski definition) is 6. The van der Waals surface area contributed by atoms with E-state index in [2.05, 4.69) is 4.99 Å². The Morgan fingerprint density at radius 2 is 1.38 bits per heavy atom. The Kier molecular flexibility index (Phi) is 7.17. The van der Waals surface area contributed by atoms with Gasteiger partial charge in [0.2, 0.25) is 0 Å². The van der Waals surface area contributed by atoms with Crippen molar-refractivity contribution in [3.05, 3.63) is 95.9 Å². The Morgan fingerprint density at radius 1 is 0.844 bits per heavy atom. The molecule has 8 nitrogen and oxygen atoms in total. The molecule has 0 aliphatic heterocycles. The molecule has 0 spiro atoms. The van der Waals surface area contributed by atoms with Gasteiger partial charge in [0.1, 0.15) is 5.76 Å². The first-order chi connectivity index (χ1) is 15.4. The molecule has 0 unspecified atom stereocenters. The summed E-state index contributed by atoms with van der Waals surface area (Å²) in [4.78, 5) is 41.2. The van der Waals surface area contributed by atoms with Crippen LogP contribution < -0.4 is 0 Å². The van der Waals surface area contributed by atoms with Gasteiger partial charge < -0.3 is 19.4 Å². The maximum Gasteiger partial charge on any atom is 0.331 e. The smallest absolute Gasteiger partial charge is 0.331 e. The number of esters is 1. The van der Waals surface area contributed by atoms with Gasteiger partial charge in [0.05, 0.1) is 25.0 Å². The largest absolute Gasteiger partial charge is 0.481 e. The van der Waals surface area contributed by atoms with Gasteiger partial charge in [-0.1, -0.05) is 60.7 Å². The number of nitrogens with zero attached hydrogens (tertiary/aromatic N) is 1. The molecule has 0 fully saturated rings. The number of aliphatic imine (C=N–C) groups is 1. The fraction of sp³-hybridized carbons (Fsp3) is 0.167. The lowest BCUT2D eigenvalue weighted by atomic mass is 9.83. The van der Waals surface area contributed by atoms with Crippen LogP contribution in [0.3, 0.4) is 0 Å². The van der Waals surface area contributed by atoms with E-state index in [1.807, 2.05) is 12.1 Å². The zero-order valence-corrected chi connectivity index (χ0v) is 17.1. The van der Waals surface area contributed by atoms with Crippen molar-refractivity contribution in [3.8, 4) is 0 Å². The summed E-state index contributed by atoms with van der Waals surface area (Å²) in [5.74, 6) is -7.58. The molecule has 0 saturated heterocycles. The standard InChI is InChI=1S/C24H21NO7/c1-31-24(30)21(18(17-13-8-14-32-17)19(22(26)27)23(28)29)25-20(15-9-4-2-5-10-15)16-11-6-3-7-12-16/h2-14,18-19,21H,1H3,(H,26,27)(H,28,29)/t18-,21-/m0/s1. The minimum atomic E-state index is -2.00. The number of hydrogen-bond donors (Lipinski definition) is 2. The Morgan fingerprint density at radius 3 is 1.78 bits per heavy atom. The molecule has 164 valence electrons. The highest BCUT2D eigenvalue weighted by atomic mass is 16.5. The number of ether oxygens (including phenoxy) is 1. The predicted octanol–water partition coefficient (Wildman–Crippen LogP) is 3.23. The van der Waals surface area contributed by atoms with Crippen LogP contribution in [0.4, 0.5) is 0 Å². The third-order valence-electron chi connectivity index (χ3n) is 4.91. The molecular weight excluding hydrogens is 414 g/mol. The summed E-state index contributed by atoms with van der Waals surface area (Å²) in [6.07, 6.45) is 1.27. The molecule has 8 heteroatoms. The lowest BCUT2D eigenvalue weighted by Gasteiger charge is -2.25. The molecule has 2 N–H and O–H groups in total. The van der Waals surface area contributed by atoms with E-state index in [1.165, 1.54) is 18.4 Å². The van der Waals surface area contributed by atoms with Crippen LogP contribution in [0.1, 0.15) is 22.8 Å². The van der Waals surface area contributed by atoms with Gasteiger partial charge in [-0.05, 0) is 12.1 Å². The van der Waals surface area contributed by atoms with Crippen molar-refractivity contribution in [2.75, 3.05) is 7.11 Å². The first kappa shape index (κ1) is 22.5. The first-order valence-corrected chi connectivity index (χ1v) is 9.69. The van der Waals surface area contributed by atoms with Crippen LogP contribution in [0.5, 0.6) is 0 Å². The highest BCUT2D eigenvalue weighted by Crippen LogP contribution is 2.33. The van der Waals surface area contributed by atoms with Crippen molar-refractivity contribution in [2.45, 2.75) is 12.0 Å². The lowest BCUT2D eigenvalue weighted by Crippen LogP contribution is -2.40. The number of aliphatic carboxylic acids is 2. The van der Waals surface area contributed by atoms with E-state index in [4.69, 9.17) is 9.15 Å². The Bertz CT molecular complexity index is 1040. The topological polar surface area (TPSA) is 126 Å². The van der Waals surface area contributed by atoms with Crippen LogP contribution >= 0.6 is 0 Å². The molecule has 1 aromatic heterocycles. The molecule has 32 heavy (non-hydrogen) atoms. The van der Waals surface area contributed by atoms with Crippen molar-refractivity contribution >= 4 is 23.6 Å². The minimum absolute atomic E-state index is 0.000534. The number of benzene rings is 2. The van der Waals surface area contributed by atoms with E-state index in [0.717, 1.165) is 7.11 Å². The number of methoxy groups -OCH3 is 1. The average Bonchev–Trinajstić information content (AvgIpc) is 3.33. The van der Waals surface area contributed by atoms with E-state index in [9.17, 15) is 24.6 Å². The zero-order valence-electron chi connectivity index (χ0n) is 17.1. The Hall–Kier alpha value is -4.20. The summed E-state index contributed by atoms with van der Waals surface area (Å²) in [7, 11) is 1.13. The van der Waals surface area contributed by atoms with Crippen molar-refractivity contribution in [1.82, 2.24) is 0 Å². The SMILES string of the molecule is COC(=O)[C@@H](N=C(c1ccccc1)c1ccccc1)[C@@H](c1ccco1)C(C(=O)O)C(=O)O. The van der Waals surface area contributed by atoms with Crippen molar-refractivity contribution in [1.29, 1.82) is 0 Å². The highest BCUT2D eigenvalue weighted by Gasteiger charge is 2.46. The molecule has 0 saturated carbocycles. The number of carboxylic acids is 2. The van der Waals surface area contributed by atoms with E-state index >= 15 is 0 Å². The summed E-state index contributed by atoms with van der Waals surface area (Å²) < 4.78 is 10.2. The van der Waals surface area contributed by atoms with Gasteiger partial charge in [-0.25, -0.2) is 4.79 Å². The maximum atomic E-state index is 12.8. The molecule has 2 aromatic carbocycles. The van der Waals surface area contributed by atoms with Crippen LogP contribution in [0.15, 0.2) is 88.5 Å². The zero-order chi connectivity index (χ0) is 23.1. The second kappa shape index (κ2) is 10.2. The Labute approximate surface area is 183 Å². The van der Waals surface area contributed by atoms with Crippen LogP contribution in [-0.2, 0) is 19.1 Å². The van der Waals surface area contributed by atoms with E-state index < -0.39 is 35.8 Å².